The molecule has 4 heteroatoms. The Morgan fingerprint density at radius 1 is 1.47 bits per heavy atom. The van der Waals surface area contributed by atoms with Crippen LogP contribution >= 0.6 is 0 Å². The molecule has 2 rings (SSSR count). The van der Waals surface area contributed by atoms with Gasteiger partial charge in [0, 0.05) is 26.2 Å². The summed E-state index contributed by atoms with van der Waals surface area (Å²) in [6.07, 6.45) is 1.48. The predicted octanol–water partition coefficient (Wildman–Crippen LogP) is 0.358. The molecule has 4 nitrogen and oxygen atoms in total. The summed E-state index contributed by atoms with van der Waals surface area (Å²) in [6.45, 7) is 5.29. The van der Waals surface area contributed by atoms with Crippen LogP contribution in [0.25, 0.3) is 0 Å². The minimum absolute atomic E-state index is 0.0598. The summed E-state index contributed by atoms with van der Waals surface area (Å²) in [7, 11) is 0. The molecule has 0 unspecified atom stereocenters. The lowest BCUT2D eigenvalue weighted by Crippen LogP contribution is -2.55. The first kappa shape index (κ1) is 10.4. The predicted molar refractivity (Wildman–Crippen MR) is 55.9 cm³/mol. The first-order chi connectivity index (χ1) is 7.18. The zero-order valence-electron chi connectivity index (χ0n) is 9.12. The number of nitrogens with zero attached hydrogens (tertiary/aromatic N) is 2. The van der Waals surface area contributed by atoms with Crippen molar-refractivity contribution in [2.24, 2.45) is 11.3 Å². The van der Waals surface area contributed by atoms with E-state index in [1.165, 1.54) is 0 Å². The maximum absolute atomic E-state index is 12.2. The van der Waals surface area contributed by atoms with Crippen LogP contribution < -0.4 is 5.32 Å². The Labute approximate surface area is 90.2 Å². The molecule has 2 aliphatic rings. The molecular formula is C11H17N3O. The summed E-state index contributed by atoms with van der Waals surface area (Å²) in [4.78, 5) is 14.0. The molecule has 0 atom stereocenters. The minimum Gasteiger partial charge on any atom is -0.339 e. The number of carbonyl (C=O) groups excluding carboxylic acids is 1. The fourth-order valence-corrected chi connectivity index (χ4v) is 2.61. The van der Waals surface area contributed by atoms with Gasteiger partial charge in [-0.05, 0) is 18.8 Å². The van der Waals surface area contributed by atoms with Crippen LogP contribution in [0.1, 0.15) is 19.8 Å². The normalized spacial score (nSPS) is 35.5. The van der Waals surface area contributed by atoms with Crippen LogP contribution in [0.5, 0.6) is 0 Å². The highest BCUT2D eigenvalue weighted by atomic mass is 16.2. The van der Waals surface area contributed by atoms with Crippen molar-refractivity contribution in [1.29, 1.82) is 5.26 Å². The smallest absolute Gasteiger partial charge is 0.243 e. The molecule has 1 aliphatic heterocycles. The molecule has 0 radical (unpaired) electrons. The van der Waals surface area contributed by atoms with E-state index in [-0.39, 0.29) is 5.91 Å². The second-order valence-electron chi connectivity index (χ2n) is 4.75. The van der Waals surface area contributed by atoms with Crippen LogP contribution in [0, 0.1) is 22.7 Å². The van der Waals surface area contributed by atoms with Gasteiger partial charge in [0.1, 0.15) is 5.41 Å². The van der Waals surface area contributed by atoms with Crippen molar-refractivity contribution >= 4 is 5.91 Å². The molecule has 0 bridgehead atoms. The van der Waals surface area contributed by atoms with Crippen molar-refractivity contribution < 1.29 is 4.79 Å². The molecule has 0 spiro atoms. The SMILES string of the molecule is CC1CC(C#N)(C(=O)N2CCNCC2)C1. The Morgan fingerprint density at radius 3 is 2.53 bits per heavy atom. The van der Waals surface area contributed by atoms with Crippen LogP contribution in [0.2, 0.25) is 0 Å². The highest BCUT2D eigenvalue weighted by Crippen LogP contribution is 2.46. The van der Waals surface area contributed by atoms with Crippen LogP contribution in [0.4, 0.5) is 0 Å². The summed E-state index contributed by atoms with van der Waals surface area (Å²) < 4.78 is 0. The molecule has 1 saturated heterocycles. The largest absolute Gasteiger partial charge is 0.339 e. The molecule has 15 heavy (non-hydrogen) atoms. The van der Waals surface area contributed by atoms with E-state index >= 15 is 0 Å². The van der Waals surface area contributed by atoms with Crippen LogP contribution in [0.3, 0.4) is 0 Å². The quantitative estimate of drug-likeness (QED) is 0.675. The van der Waals surface area contributed by atoms with E-state index in [0.29, 0.717) is 5.92 Å². The van der Waals surface area contributed by atoms with E-state index in [4.69, 9.17) is 5.26 Å². The van der Waals surface area contributed by atoms with Crippen LogP contribution in [-0.4, -0.2) is 37.0 Å². The van der Waals surface area contributed by atoms with Crippen LogP contribution in [-0.2, 0) is 4.79 Å². The van der Waals surface area contributed by atoms with Crippen molar-refractivity contribution in [3.05, 3.63) is 0 Å². The van der Waals surface area contributed by atoms with E-state index in [2.05, 4.69) is 18.3 Å². The zero-order chi connectivity index (χ0) is 10.9. The first-order valence-corrected chi connectivity index (χ1v) is 5.59. The Bertz CT molecular complexity index is 295. The Kier molecular flexibility index (Phi) is 2.66. The lowest BCUT2D eigenvalue weighted by Gasteiger charge is -2.43. The number of carbonyl (C=O) groups is 1. The standard InChI is InChI=1S/C11H17N3O/c1-9-6-11(7-9,8-12)10(15)14-4-2-13-3-5-14/h9,13H,2-7H2,1H3. The Balaban J connectivity index is 2.03. The molecule has 0 aromatic rings. The van der Waals surface area contributed by atoms with Crippen molar-refractivity contribution in [2.75, 3.05) is 26.2 Å². The fraction of sp³-hybridized carbons (Fsp3) is 0.818. The molecule has 1 N–H and O–H groups in total. The fourth-order valence-electron chi connectivity index (χ4n) is 2.61. The molecule has 82 valence electrons. The summed E-state index contributed by atoms with van der Waals surface area (Å²) in [6, 6.07) is 2.23. The lowest BCUT2D eigenvalue weighted by atomic mass is 9.62. The topological polar surface area (TPSA) is 56.1 Å². The number of hydrogen-bond acceptors (Lipinski definition) is 3. The number of hydrogen-bond donors (Lipinski definition) is 1. The third-order valence-electron chi connectivity index (χ3n) is 3.42. The van der Waals surface area contributed by atoms with Gasteiger partial charge in [-0.25, -0.2) is 0 Å². The Hall–Kier alpha value is -1.08. The number of nitriles is 1. The van der Waals surface area contributed by atoms with Crippen molar-refractivity contribution in [3.8, 4) is 6.07 Å². The third-order valence-corrected chi connectivity index (χ3v) is 3.42. The van der Waals surface area contributed by atoms with Crippen molar-refractivity contribution in [3.63, 3.8) is 0 Å². The summed E-state index contributed by atoms with van der Waals surface area (Å²) >= 11 is 0. The molecule has 1 saturated carbocycles. The molecule has 1 amide bonds. The van der Waals surface area contributed by atoms with E-state index in [1.807, 2.05) is 4.90 Å². The zero-order valence-corrected chi connectivity index (χ0v) is 9.12. The monoisotopic (exact) mass is 207 g/mol. The van der Waals surface area contributed by atoms with E-state index < -0.39 is 5.41 Å². The molecule has 2 fully saturated rings. The Morgan fingerprint density at radius 2 is 2.07 bits per heavy atom. The third kappa shape index (κ3) is 1.72. The molecule has 0 aromatic carbocycles. The van der Waals surface area contributed by atoms with Gasteiger partial charge in [0.05, 0.1) is 6.07 Å². The van der Waals surface area contributed by atoms with Crippen molar-refractivity contribution in [2.45, 2.75) is 19.8 Å². The average molecular weight is 207 g/mol. The van der Waals surface area contributed by atoms with Crippen molar-refractivity contribution in [1.82, 2.24) is 10.2 Å². The molecule has 1 heterocycles. The average Bonchev–Trinajstić information content (AvgIpc) is 2.25. The van der Waals surface area contributed by atoms with E-state index in [1.54, 1.807) is 0 Å². The second kappa shape index (κ2) is 3.82. The van der Waals surface area contributed by atoms with Crippen LogP contribution in [0.15, 0.2) is 0 Å². The first-order valence-electron chi connectivity index (χ1n) is 5.59. The maximum Gasteiger partial charge on any atom is 0.243 e. The van der Waals surface area contributed by atoms with Gasteiger partial charge in [-0.15, -0.1) is 0 Å². The van der Waals surface area contributed by atoms with Gasteiger partial charge in [0.15, 0.2) is 0 Å². The second-order valence-corrected chi connectivity index (χ2v) is 4.75. The number of amides is 1. The molecular weight excluding hydrogens is 190 g/mol. The minimum atomic E-state index is -0.684. The summed E-state index contributed by atoms with van der Waals surface area (Å²) in [5.74, 6) is 0.584. The van der Waals surface area contributed by atoms with E-state index in [9.17, 15) is 4.79 Å². The number of rotatable bonds is 1. The molecule has 0 aromatic heterocycles. The van der Waals surface area contributed by atoms with Gasteiger partial charge in [-0.1, -0.05) is 6.92 Å². The molecule has 1 aliphatic carbocycles. The van der Waals surface area contributed by atoms with E-state index in [0.717, 1.165) is 39.0 Å². The summed E-state index contributed by atoms with van der Waals surface area (Å²) in [5.41, 5.74) is -0.684. The highest BCUT2D eigenvalue weighted by molar-refractivity contribution is 5.86. The van der Waals surface area contributed by atoms with Gasteiger partial charge in [-0.2, -0.15) is 5.26 Å². The van der Waals surface area contributed by atoms with Gasteiger partial charge in [0.2, 0.25) is 5.91 Å². The van der Waals surface area contributed by atoms with Gasteiger partial charge in [0.25, 0.3) is 0 Å². The van der Waals surface area contributed by atoms with Gasteiger partial charge in [-0.3, -0.25) is 4.79 Å². The number of piperazine rings is 1. The maximum atomic E-state index is 12.2. The van der Waals surface area contributed by atoms with Gasteiger partial charge >= 0.3 is 0 Å². The lowest BCUT2D eigenvalue weighted by molar-refractivity contribution is -0.145. The van der Waals surface area contributed by atoms with Gasteiger partial charge < -0.3 is 10.2 Å². The number of nitrogens with one attached hydrogen (secondary N) is 1. The highest BCUT2D eigenvalue weighted by Gasteiger charge is 2.50. The summed E-state index contributed by atoms with van der Waals surface area (Å²) in [5, 5.41) is 12.3.